The molecule has 0 heterocycles. The highest BCUT2D eigenvalue weighted by Crippen LogP contribution is 2.31. The molecule has 18 heavy (non-hydrogen) atoms. The first kappa shape index (κ1) is 15.4. The molecule has 1 fully saturated rings. The molecule has 0 bridgehead atoms. The van der Waals surface area contributed by atoms with Crippen LogP contribution in [-0.2, 0) is 10.0 Å². The molecule has 1 aromatic rings. The zero-order chi connectivity index (χ0) is 12.5. The number of sulfonamides is 1. The van der Waals surface area contributed by atoms with E-state index in [1.807, 2.05) is 6.92 Å². The van der Waals surface area contributed by atoms with Crippen LogP contribution in [0.15, 0.2) is 29.2 Å². The van der Waals surface area contributed by atoms with Crippen molar-refractivity contribution in [2.24, 2.45) is 11.7 Å². The van der Waals surface area contributed by atoms with Crippen molar-refractivity contribution in [3.8, 4) is 0 Å². The molecule has 0 radical (unpaired) electrons. The number of rotatable bonds is 5. The van der Waals surface area contributed by atoms with Crippen LogP contribution in [0, 0.1) is 12.8 Å². The van der Waals surface area contributed by atoms with Crippen LogP contribution >= 0.6 is 12.4 Å². The molecule has 1 atom stereocenters. The third kappa shape index (κ3) is 3.95. The fourth-order valence-electron chi connectivity index (χ4n) is 1.70. The van der Waals surface area contributed by atoms with Gasteiger partial charge in [-0.15, -0.1) is 12.4 Å². The van der Waals surface area contributed by atoms with E-state index < -0.39 is 10.0 Å². The lowest BCUT2D eigenvalue weighted by molar-refractivity contribution is 0.547. The van der Waals surface area contributed by atoms with Crippen molar-refractivity contribution in [3.05, 3.63) is 29.8 Å². The number of aryl methyl sites for hydroxylation is 1. The fourth-order valence-corrected chi connectivity index (χ4v) is 2.77. The smallest absolute Gasteiger partial charge is 0.240 e. The number of halogens is 1. The first-order chi connectivity index (χ1) is 7.99. The number of hydrogen-bond donors (Lipinski definition) is 2. The molecule has 1 unspecified atom stereocenters. The third-order valence-corrected chi connectivity index (χ3v) is 4.51. The van der Waals surface area contributed by atoms with Crippen molar-refractivity contribution in [2.75, 3.05) is 6.54 Å². The summed E-state index contributed by atoms with van der Waals surface area (Å²) in [5.41, 5.74) is 6.90. The van der Waals surface area contributed by atoms with Gasteiger partial charge in [0.1, 0.15) is 0 Å². The molecule has 1 aromatic carbocycles. The van der Waals surface area contributed by atoms with Crippen LogP contribution in [0.4, 0.5) is 0 Å². The molecular weight excluding hydrogens is 272 g/mol. The van der Waals surface area contributed by atoms with E-state index in [4.69, 9.17) is 5.73 Å². The average molecular weight is 291 g/mol. The maximum absolute atomic E-state index is 11.9. The monoisotopic (exact) mass is 290 g/mol. The van der Waals surface area contributed by atoms with E-state index in [0.29, 0.717) is 17.4 Å². The Morgan fingerprint density at radius 1 is 1.33 bits per heavy atom. The highest BCUT2D eigenvalue weighted by atomic mass is 35.5. The van der Waals surface area contributed by atoms with E-state index in [2.05, 4.69) is 4.72 Å². The van der Waals surface area contributed by atoms with Crippen LogP contribution in [0.3, 0.4) is 0 Å². The SMILES string of the molecule is Cc1ccc(S(=O)(=O)NCC(N)C2CC2)cc1.Cl. The van der Waals surface area contributed by atoms with E-state index in [-0.39, 0.29) is 18.4 Å². The molecule has 1 aliphatic carbocycles. The number of hydrogen-bond acceptors (Lipinski definition) is 3. The standard InChI is InChI=1S/C12H18N2O2S.ClH/c1-9-2-6-11(7-3-9)17(15,16)14-8-12(13)10-4-5-10;/h2-3,6-7,10,12,14H,4-5,8,13H2,1H3;1H. The summed E-state index contributed by atoms with van der Waals surface area (Å²) in [6.45, 7) is 2.24. The topological polar surface area (TPSA) is 72.2 Å². The Labute approximate surface area is 114 Å². The average Bonchev–Trinajstić information content (AvgIpc) is 3.10. The van der Waals surface area contributed by atoms with Crippen molar-refractivity contribution in [2.45, 2.75) is 30.7 Å². The molecule has 2 rings (SSSR count). The normalized spacial score (nSPS) is 17.0. The summed E-state index contributed by atoms with van der Waals surface area (Å²) in [5, 5.41) is 0. The second-order valence-electron chi connectivity index (χ2n) is 4.67. The van der Waals surface area contributed by atoms with E-state index >= 15 is 0 Å². The van der Waals surface area contributed by atoms with Gasteiger partial charge in [-0.25, -0.2) is 13.1 Å². The zero-order valence-electron chi connectivity index (χ0n) is 10.3. The maximum atomic E-state index is 11.9. The first-order valence-electron chi connectivity index (χ1n) is 5.81. The van der Waals surface area contributed by atoms with Crippen molar-refractivity contribution in [3.63, 3.8) is 0 Å². The molecule has 1 saturated carbocycles. The van der Waals surface area contributed by atoms with Crippen molar-refractivity contribution >= 4 is 22.4 Å². The van der Waals surface area contributed by atoms with Crippen LogP contribution in [0.2, 0.25) is 0 Å². The van der Waals surface area contributed by atoms with Crippen LogP contribution in [-0.4, -0.2) is 21.0 Å². The van der Waals surface area contributed by atoms with Gasteiger partial charge in [-0.3, -0.25) is 0 Å². The van der Waals surface area contributed by atoms with Gasteiger partial charge in [0, 0.05) is 12.6 Å². The summed E-state index contributed by atoms with van der Waals surface area (Å²) in [4.78, 5) is 0.297. The third-order valence-electron chi connectivity index (χ3n) is 3.07. The minimum absolute atomic E-state index is 0. The molecule has 0 saturated heterocycles. The van der Waals surface area contributed by atoms with E-state index in [1.54, 1.807) is 24.3 Å². The highest BCUT2D eigenvalue weighted by Gasteiger charge is 2.29. The quantitative estimate of drug-likeness (QED) is 0.862. The van der Waals surface area contributed by atoms with Gasteiger partial charge in [-0.05, 0) is 37.8 Å². The Morgan fingerprint density at radius 3 is 2.39 bits per heavy atom. The number of benzene rings is 1. The summed E-state index contributed by atoms with van der Waals surface area (Å²) in [6, 6.07) is 6.74. The van der Waals surface area contributed by atoms with Gasteiger partial charge < -0.3 is 5.73 Å². The molecule has 6 heteroatoms. The lowest BCUT2D eigenvalue weighted by Gasteiger charge is -2.12. The van der Waals surface area contributed by atoms with Crippen molar-refractivity contribution in [1.29, 1.82) is 0 Å². The van der Waals surface area contributed by atoms with Crippen LogP contribution in [0.25, 0.3) is 0 Å². The molecule has 4 nitrogen and oxygen atoms in total. The van der Waals surface area contributed by atoms with Crippen LogP contribution < -0.4 is 10.5 Å². The molecule has 102 valence electrons. The summed E-state index contributed by atoms with van der Waals surface area (Å²) in [5.74, 6) is 0.496. The van der Waals surface area contributed by atoms with E-state index in [9.17, 15) is 8.42 Å². The van der Waals surface area contributed by atoms with Gasteiger partial charge in [-0.1, -0.05) is 17.7 Å². The Balaban J connectivity index is 0.00000162. The van der Waals surface area contributed by atoms with Crippen LogP contribution in [0.1, 0.15) is 18.4 Å². The second-order valence-corrected chi connectivity index (χ2v) is 6.43. The zero-order valence-corrected chi connectivity index (χ0v) is 11.9. The second kappa shape index (κ2) is 6.02. The van der Waals surface area contributed by atoms with E-state index in [0.717, 1.165) is 18.4 Å². The first-order valence-corrected chi connectivity index (χ1v) is 7.29. The Morgan fingerprint density at radius 2 is 1.89 bits per heavy atom. The molecular formula is C12H19ClN2O2S. The minimum Gasteiger partial charge on any atom is -0.326 e. The maximum Gasteiger partial charge on any atom is 0.240 e. The van der Waals surface area contributed by atoms with Gasteiger partial charge in [0.25, 0.3) is 0 Å². The van der Waals surface area contributed by atoms with Crippen molar-refractivity contribution in [1.82, 2.24) is 4.72 Å². The summed E-state index contributed by atoms with van der Waals surface area (Å²) in [7, 11) is -3.41. The summed E-state index contributed by atoms with van der Waals surface area (Å²) in [6.07, 6.45) is 2.24. The largest absolute Gasteiger partial charge is 0.326 e. The van der Waals surface area contributed by atoms with Gasteiger partial charge in [-0.2, -0.15) is 0 Å². The van der Waals surface area contributed by atoms with Crippen LogP contribution in [0.5, 0.6) is 0 Å². The van der Waals surface area contributed by atoms with Gasteiger partial charge in [0.15, 0.2) is 0 Å². The Bertz CT molecular complexity index is 483. The molecule has 0 spiro atoms. The lowest BCUT2D eigenvalue weighted by Crippen LogP contribution is -2.38. The van der Waals surface area contributed by atoms with Crippen molar-refractivity contribution < 1.29 is 8.42 Å². The van der Waals surface area contributed by atoms with Gasteiger partial charge >= 0.3 is 0 Å². The van der Waals surface area contributed by atoms with E-state index in [1.165, 1.54) is 0 Å². The minimum atomic E-state index is -3.41. The molecule has 0 aromatic heterocycles. The fraction of sp³-hybridized carbons (Fsp3) is 0.500. The Hall–Kier alpha value is -0.620. The number of nitrogens with two attached hydrogens (primary N) is 1. The summed E-state index contributed by atoms with van der Waals surface area (Å²) < 4.78 is 26.4. The van der Waals surface area contributed by atoms with Gasteiger partial charge in [0.2, 0.25) is 10.0 Å². The predicted molar refractivity (Wildman–Crippen MR) is 74.3 cm³/mol. The summed E-state index contributed by atoms with van der Waals surface area (Å²) >= 11 is 0. The Kier molecular flexibility index (Phi) is 5.16. The molecule has 0 aliphatic heterocycles. The molecule has 1 aliphatic rings. The molecule has 0 amide bonds. The van der Waals surface area contributed by atoms with Gasteiger partial charge in [0.05, 0.1) is 4.90 Å². The predicted octanol–water partition coefficient (Wildman–Crippen LogP) is 1.43. The lowest BCUT2D eigenvalue weighted by atomic mass is 10.2. The highest BCUT2D eigenvalue weighted by molar-refractivity contribution is 7.89. The molecule has 3 N–H and O–H groups in total. The number of nitrogens with one attached hydrogen (secondary N) is 1.